The number of furan rings is 1. The van der Waals surface area contributed by atoms with Gasteiger partial charge < -0.3 is 14.5 Å². The number of benzene rings is 1. The van der Waals surface area contributed by atoms with Gasteiger partial charge in [-0.2, -0.15) is 0 Å². The molecular weight excluding hydrogens is 314 g/mol. The normalized spacial score (nSPS) is 21.6. The van der Waals surface area contributed by atoms with Crippen molar-refractivity contribution < 1.29 is 17.6 Å². The van der Waals surface area contributed by atoms with E-state index < -0.39 is 9.84 Å². The van der Waals surface area contributed by atoms with Crippen LogP contribution in [0.25, 0.3) is 11.0 Å². The molecule has 0 saturated carbocycles. The highest BCUT2D eigenvalue weighted by molar-refractivity contribution is 7.92. The summed E-state index contributed by atoms with van der Waals surface area (Å²) < 4.78 is 35.3. The van der Waals surface area contributed by atoms with Crippen LogP contribution < -0.4 is 10.1 Å². The van der Waals surface area contributed by atoms with E-state index >= 15 is 0 Å². The molecule has 0 unspecified atom stereocenters. The lowest BCUT2D eigenvalue weighted by atomic mass is 10.2. The van der Waals surface area contributed by atoms with Crippen LogP contribution in [0.15, 0.2) is 28.7 Å². The molecule has 2 aromatic rings. The van der Waals surface area contributed by atoms with Gasteiger partial charge in [-0.15, -0.1) is 0 Å². The molecule has 1 aromatic carbocycles. The number of hydrogen-bond acceptors (Lipinski definition) is 5. The van der Waals surface area contributed by atoms with Crippen molar-refractivity contribution >= 4 is 20.8 Å². The van der Waals surface area contributed by atoms with Gasteiger partial charge in [-0.25, -0.2) is 8.42 Å². The molecule has 2 atom stereocenters. The highest BCUT2D eigenvalue weighted by Gasteiger charge is 2.31. The molecule has 0 aliphatic carbocycles. The average molecular weight is 337 g/mol. The molecule has 1 saturated heterocycles. The van der Waals surface area contributed by atoms with Crippen molar-refractivity contribution in [3.63, 3.8) is 0 Å². The van der Waals surface area contributed by atoms with Crippen LogP contribution in [0.1, 0.15) is 38.5 Å². The molecule has 0 bridgehead atoms. The average Bonchev–Trinajstić information content (AvgIpc) is 3.09. The number of hydrogen-bond donors (Lipinski definition) is 1. The van der Waals surface area contributed by atoms with Crippen LogP contribution in [0.3, 0.4) is 0 Å². The minimum Gasteiger partial charge on any atom is -0.490 e. The zero-order valence-corrected chi connectivity index (χ0v) is 14.4. The first-order valence-electron chi connectivity index (χ1n) is 8.11. The summed E-state index contributed by atoms with van der Waals surface area (Å²) in [7, 11) is -2.92. The summed E-state index contributed by atoms with van der Waals surface area (Å²) in [5.74, 6) is 1.85. The second kappa shape index (κ2) is 6.53. The van der Waals surface area contributed by atoms with Gasteiger partial charge in [-0.1, -0.05) is 12.1 Å². The Morgan fingerprint density at radius 2 is 2.26 bits per heavy atom. The van der Waals surface area contributed by atoms with Gasteiger partial charge in [0.25, 0.3) is 0 Å². The summed E-state index contributed by atoms with van der Waals surface area (Å²) >= 11 is 0. The molecule has 1 aliphatic heterocycles. The van der Waals surface area contributed by atoms with Gasteiger partial charge in [-0.3, -0.25) is 0 Å². The summed E-state index contributed by atoms with van der Waals surface area (Å²) in [6, 6.07) is 7.75. The molecule has 5 nitrogen and oxygen atoms in total. The predicted molar refractivity (Wildman–Crippen MR) is 90.6 cm³/mol. The van der Waals surface area contributed by atoms with Gasteiger partial charge in [0.2, 0.25) is 0 Å². The SMILES string of the molecule is CCOc1cccc2cc([C@@H](C)NC[C@@H]3CCCS3(=O)=O)oc12. The first-order chi connectivity index (χ1) is 11.0. The Labute approximate surface area is 136 Å². The fraction of sp³-hybridized carbons (Fsp3) is 0.529. The fourth-order valence-electron chi connectivity index (χ4n) is 3.04. The molecule has 0 radical (unpaired) electrons. The van der Waals surface area contributed by atoms with E-state index in [-0.39, 0.29) is 11.3 Å². The van der Waals surface area contributed by atoms with E-state index in [9.17, 15) is 8.42 Å². The van der Waals surface area contributed by atoms with Crippen molar-refractivity contribution in [2.24, 2.45) is 0 Å². The summed E-state index contributed by atoms with van der Waals surface area (Å²) in [6.07, 6.45) is 1.52. The third kappa shape index (κ3) is 3.38. The van der Waals surface area contributed by atoms with Gasteiger partial charge in [0.05, 0.1) is 23.7 Å². The van der Waals surface area contributed by atoms with Crippen LogP contribution in [-0.2, 0) is 9.84 Å². The third-order valence-electron chi connectivity index (χ3n) is 4.37. The smallest absolute Gasteiger partial charge is 0.176 e. The van der Waals surface area contributed by atoms with Gasteiger partial charge in [0, 0.05) is 11.9 Å². The Morgan fingerprint density at radius 1 is 1.43 bits per heavy atom. The third-order valence-corrected chi connectivity index (χ3v) is 6.64. The lowest BCUT2D eigenvalue weighted by molar-refractivity contribution is 0.336. The molecule has 2 heterocycles. The van der Waals surface area contributed by atoms with Gasteiger partial charge in [-0.05, 0) is 38.8 Å². The lowest BCUT2D eigenvalue weighted by Gasteiger charge is -2.15. The Kier molecular flexibility index (Phi) is 4.64. The number of fused-ring (bicyclic) bond motifs is 1. The van der Waals surface area contributed by atoms with Crippen molar-refractivity contribution in [2.75, 3.05) is 18.9 Å². The first kappa shape index (κ1) is 16.3. The van der Waals surface area contributed by atoms with Crippen molar-refractivity contribution in [2.45, 2.75) is 38.0 Å². The molecule has 0 amide bonds. The summed E-state index contributed by atoms with van der Waals surface area (Å²) in [6.45, 7) is 4.98. The van der Waals surface area contributed by atoms with Crippen LogP contribution in [0, 0.1) is 0 Å². The quantitative estimate of drug-likeness (QED) is 0.877. The van der Waals surface area contributed by atoms with E-state index in [0.29, 0.717) is 18.9 Å². The zero-order valence-electron chi connectivity index (χ0n) is 13.5. The second-order valence-electron chi connectivity index (χ2n) is 6.02. The number of sulfone groups is 1. The topological polar surface area (TPSA) is 68.5 Å². The van der Waals surface area contributed by atoms with E-state index in [1.807, 2.05) is 38.1 Å². The Balaban J connectivity index is 1.73. The molecule has 3 rings (SSSR count). The Morgan fingerprint density at radius 3 is 2.96 bits per heavy atom. The molecule has 1 aliphatic rings. The minimum absolute atomic E-state index is 0.0484. The van der Waals surface area contributed by atoms with Crippen LogP contribution in [0.5, 0.6) is 5.75 Å². The van der Waals surface area contributed by atoms with E-state index in [1.165, 1.54) is 0 Å². The van der Waals surface area contributed by atoms with Crippen molar-refractivity contribution in [3.8, 4) is 5.75 Å². The minimum atomic E-state index is -2.92. The summed E-state index contributed by atoms with van der Waals surface area (Å²) in [5, 5.41) is 4.02. The monoisotopic (exact) mass is 337 g/mol. The van der Waals surface area contributed by atoms with Gasteiger partial charge in [0.15, 0.2) is 21.2 Å². The van der Waals surface area contributed by atoms with E-state index in [1.54, 1.807) is 0 Å². The van der Waals surface area contributed by atoms with E-state index in [0.717, 1.165) is 35.3 Å². The predicted octanol–water partition coefficient (Wildman–Crippen LogP) is 3.06. The van der Waals surface area contributed by atoms with Crippen LogP contribution >= 0.6 is 0 Å². The maximum atomic E-state index is 11.9. The number of para-hydroxylation sites is 1. The van der Waals surface area contributed by atoms with Crippen molar-refractivity contribution in [3.05, 3.63) is 30.0 Å². The van der Waals surface area contributed by atoms with Crippen LogP contribution in [0.4, 0.5) is 0 Å². The molecule has 1 N–H and O–H groups in total. The molecule has 1 fully saturated rings. The Hall–Kier alpha value is -1.53. The maximum Gasteiger partial charge on any atom is 0.176 e. The molecule has 1 aromatic heterocycles. The van der Waals surface area contributed by atoms with Gasteiger partial charge in [0.1, 0.15) is 5.76 Å². The van der Waals surface area contributed by atoms with Crippen LogP contribution in [-0.4, -0.2) is 32.6 Å². The Bertz CT molecular complexity index is 781. The van der Waals surface area contributed by atoms with E-state index in [2.05, 4.69) is 5.32 Å². The summed E-state index contributed by atoms with van der Waals surface area (Å²) in [4.78, 5) is 0. The molecule has 0 spiro atoms. The van der Waals surface area contributed by atoms with E-state index in [4.69, 9.17) is 9.15 Å². The molecule has 6 heteroatoms. The fourth-order valence-corrected chi connectivity index (χ4v) is 4.81. The molecule has 126 valence electrons. The largest absolute Gasteiger partial charge is 0.490 e. The highest BCUT2D eigenvalue weighted by Crippen LogP contribution is 2.31. The summed E-state index contributed by atoms with van der Waals surface area (Å²) in [5.41, 5.74) is 0.742. The standard InChI is InChI=1S/C17H23NO4S/c1-3-21-15-8-4-6-13-10-16(22-17(13)15)12(2)18-11-14-7-5-9-23(14,19)20/h4,6,8,10,12,14,18H,3,5,7,9,11H2,1-2H3/t12-,14+/m1/s1. The first-order valence-corrected chi connectivity index (χ1v) is 9.83. The van der Waals surface area contributed by atoms with Crippen LogP contribution in [0.2, 0.25) is 0 Å². The highest BCUT2D eigenvalue weighted by atomic mass is 32.2. The molecular formula is C17H23NO4S. The maximum absolute atomic E-state index is 11.9. The number of ether oxygens (including phenoxy) is 1. The van der Waals surface area contributed by atoms with Gasteiger partial charge >= 0.3 is 0 Å². The lowest BCUT2D eigenvalue weighted by Crippen LogP contribution is -2.32. The second-order valence-corrected chi connectivity index (χ2v) is 8.42. The molecule has 23 heavy (non-hydrogen) atoms. The zero-order chi connectivity index (χ0) is 16.4. The number of nitrogens with one attached hydrogen (secondary N) is 1. The van der Waals surface area contributed by atoms with Crippen molar-refractivity contribution in [1.29, 1.82) is 0 Å². The number of rotatable bonds is 6. The van der Waals surface area contributed by atoms with Crippen molar-refractivity contribution in [1.82, 2.24) is 5.32 Å².